The van der Waals surface area contributed by atoms with Crippen LogP contribution in [0.1, 0.15) is 58.8 Å². The standard InChI is InChI=1S/C23H35N3O6S/c1-3-26(4-2)22(28)23(12-6-5-7-13-23)25-21(27)11-14-24-33(29,30)18-9-10-19-20(17-18)32-16-8-15-31-19/h9-10,17,24H,3-8,11-16H2,1-2H3,(H,25,27). The number of benzene rings is 1. The minimum atomic E-state index is -3.83. The number of hydrogen-bond acceptors (Lipinski definition) is 6. The lowest BCUT2D eigenvalue weighted by molar-refractivity contribution is -0.143. The molecule has 1 aliphatic carbocycles. The molecule has 1 heterocycles. The lowest BCUT2D eigenvalue weighted by Gasteiger charge is -2.40. The Labute approximate surface area is 196 Å². The Morgan fingerprint density at radius 1 is 1.00 bits per heavy atom. The van der Waals surface area contributed by atoms with Gasteiger partial charge in [0.05, 0.1) is 18.1 Å². The fourth-order valence-electron chi connectivity index (χ4n) is 4.38. The van der Waals surface area contributed by atoms with Crippen molar-refractivity contribution in [1.29, 1.82) is 0 Å². The van der Waals surface area contributed by atoms with Gasteiger partial charge >= 0.3 is 0 Å². The molecule has 0 aromatic heterocycles. The zero-order valence-electron chi connectivity index (χ0n) is 19.5. The molecule has 0 bridgehead atoms. The number of rotatable bonds is 9. The molecule has 2 aliphatic rings. The van der Waals surface area contributed by atoms with Crippen molar-refractivity contribution in [3.05, 3.63) is 18.2 Å². The molecule has 1 aromatic carbocycles. The Morgan fingerprint density at radius 2 is 1.67 bits per heavy atom. The number of ether oxygens (including phenoxy) is 2. The van der Waals surface area contributed by atoms with Gasteiger partial charge in [-0.3, -0.25) is 9.59 Å². The highest BCUT2D eigenvalue weighted by molar-refractivity contribution is 7.89. The number of nitrogens with zero attached hydrogens (tertiary/aromatic N) is 1. The van der Waals surface area contributed by atoms with Gasteiger partial charge in [-0.25, -0.2) is 13.1 Å². The molecular formula is C23H35N3O6S. The van der Waals surface area contributed by atoms with Crippen molar-refractivity contribution in [2.45, 2.75) is 69.2 Å². The molecule has 0 saturated heterocycles. The van der Waals surface area contributed by atoms with E-state index in [1.165, 1.54) is 12.1 Å². The number of nitrogens with one attached hydrogen (secondary N) is 2. The fraction of sp³-hybridized carbons (Fsp3) is 0.652. The third-order valence-corrected chi connectivity index (χ3v) is 7.68. The molecule has 0 unspecified atom stereocenters. The Kier molecular flexibility index (Phi) is 8.58. The largest absolute Gasteiger partial charge is 0.490 e. The van der Waals surface area contributed by atoms with E-state index in [0.717, 1.165) is 25.7 Å². The van der Waals surface area contributed by atoms with E-state index in [0.29, 0.717) is 50.6 Å². The quantitative estimate of drug-likeness (QED) is 0.559. The fourth-order valence-corrected chi connectivity index (χ4v) is 5.43. The third kappa shape index (κ3) is 6.17. The molecule has 2 amide bonds. The molecule has 0 radical (unpaired) electrons. The molecule has 9 nitrogen and oxygen atoms in total. The molecule has 2 N–H and O–H groups in total. The van der Waals surface area contributed by atoms with Crippen LogP contribution >= 0.6 is 0 Å². The van der Waals surface area contributed by atoms with Crippen LogP contribution in [0.2, 0.25) is 0 Å². The topological polar surface area (TPSA) is 114 Å². The summed E-state index contributed by atoms with van der Waals surface area (Å²) in [6.45, 7) is 5.92. The van der Waals surface area contributed by atoms with Gasteiger partial charge in [0, 0.05) is 38.5 Å². The minimum Gasteiger partial charge on any atom is -0.490 e. The molecule has 0 atom stereocenters. The van der Waals surface area contributed by atoms with Crippen LogP contribution < -0.4 is 19.5 Å². The van der Waals surface area contributed by atoms with Gasteiger partial charge in [0.1, 0.15) is 5.54 Å². The van der Waals surface area contributed by atoms with Gasteiger partial charge in [-0.2, -0.15) is 0 Å². The second-order valence-electron chi connectivity index (χ2n) is 8.48. The van der Waals surface area contributed by atoms with Crippen molar-refractivity contribution in [3.8, 4) is 11.5 Å². The van der Waals surface area contributed by atoms with Gasteiger partial charge in [0.25, 0.3) is 0 Å². The molecular weight excluding hydrogens is 446 g/mol. The van der Waals surface area contributed by atoms with E-state index in [1.807, 2.05) is 13.8 Å². The number of likely N-dealkylation sites (N-methyl/N-ethyl adjacent to an activating group) is 1. The molecule has 0 spiro atoms. The molecule has 3 rings (SSSR count). The number of amides is 2. The Bertz CT molecular complexity index is 940. The Hall–Kier alpha value is -2.33. The second-order valence-corrected chi connectivity index (χ2v) is 10.2. The van der Waals surface area contributed by atoms with Crippen molar-refractivity contribution in [1.82, 2.24) is 14.9 Å². The normalized spacial score (nSPS) is 17.6. The van der Waals surface area contributed by atoms with Crippen LogP contribution in [0.15, 0.2) is 23.1 Å². The first-order valence-electron chi connectivity index (χ1n) is 11.8. The minimum absolute atomic E-state index is 0.0478. The molecule has 1 aliphatic heterocycles. The van der Waals surface area contributed by atoms with Crippen LogP contribution in [-0.2, 0) is 19.6 Å². The van der Waals surface area contributed by atoms with Gasteiger partial charge in [-0.1, -0.05) is 19.3 Å². The summed E-state index contributed by atoms with van der Waals surface area (Å²) in [4.78, 5) is 27.7. The third-order valence-electron chi connectivity index (χ3n) is 6.22. The average molecular weight is 482 g/mol. The lowest BCUT2D eigenvalue weighted by atomic mass is 9.80. The SMILES string of the molecule is CCN(CC)C(=O)C1(NC(=O)CCNS(=O)(=O)c2ccc3c(c2)OCCCO3)CCCCC1. The Morgan fingerprint density at radius 3 is 2.33 bits per heavy atom. The van der Waals surface area contributed by atoms with Crippen LogP contribution in [0.3, 0.4) is 0 Å². The monoisotopic (exact) mass is 481 g/mol. The molecule has 1 aromatic rings. The number of hydrogen-bond donors (Lipinski definition) is 2. The summed E-state index contributed by atoms with van der Waals surface area (Å²) in [6, 6.07) is 4.46. The smallest absolute Gasteiger partial charge is 0.248 e. The zero-order valence-corrected chi connectivity index (χ0v) is 20.3. The summed E-state index contributed by atoms with van der Waals surface area (Å²) in [5.74, 6) is 0.524. The van der Waals surface area contributed by atoms with E-state index in [-0.39, 0.29) is 29.7 Å². The van der Waals surface area contributed by atoms with Gasteiger partial charge in [-0.15, -0.1) is 0 Å². The molecule has 184 valence electrons. The number of carbonyl (C=O) groups is 2. The maximum atomic E-state index is 13.2. The van der Waals surface area contributed by atoms with Crippen molar-refractivity contribution >= 4 is 21.8 Å². The first-order valence-corrected chi connectivity index (χ1v) is 13.3. The van der Waals surface area contributed by atoms with Crippen LogP contribution in [0.25, 0.3) is 0 Å². The highest BCUT2D eigenvalue weighted by Crippen LogP contribution is 2.32. The predicted molar refractivity (Wildman–Crippen MR) is 124 cm³/mol. The first-order chi connectivity index (χ1) is 15.8. The van der Waals surface area contributed by atoms with Gasteiger partial charge in [0.2, 0.25) is 21.8 Å². The van der Waals surface area contributed by atoms with E-state index in [4.69, 9.17) is 9.47 Å². The van der Waals surface area contributed by atoms with Crippen LogP contribution in [0, 0.1) is 0 Å². The lowest BCUT2D eigenvalue weighted by Crippen LogP contribution is -2.60. The van der Waals surface area contributed by atoms with Crippen LogP contribution in [0.5, 0.6) is 11.5 Å². The van der Waals surface area contributed by atoms with Gasteiger partial charge in [-0.05, 0) is 38.8 Å². The van der Waals surface area contributed by atoms with Crippen molar-refractivity contribution in [3.63, 3.8) is 0 Å². The summed E-state index contributed by atoms with van der Waals surface area (Å²) in [7, 11) is -3.83. The van der Waals surface area contributed by atoms with E-state index < -0.39 is 15.6 Å². The van der Waals surface area contributed by atoms with Gasteiger partial charge in [0.15, 0.2) is 11.5 Å². The summed E-state index contributed by atoms with van der Waals surface area (Å²) < 4.78 is 39.0. The first kappa shape index (κ1) is 25.3. The number of carbonyl (C=O) groups excluding carboxylic acids is 2. The average Bonchev–Trinajstić information content (AvgIpc) is 3.05. The van der Waals surface area contributed by atoms with Crippen molar-refractivity contribution < 1.29 is 27.5 Å². The van der Waals surface area contributed by atoms with Crippen molar-refractivity contribution in [2.24, 2.45) is 0 Å². The molecule has 1 saturated carbocycles. The van der Waals surface area contributed by atoms with E-state index in [9.17, 15) is 18.0 Å². The Balaban J connectivity index is 1.60. The summed E-state index contributed by atoms with van der Waals surface area (Å²) in [5, 5.41) is 2.95. The van der Waals surface area contributed by atoms with Gasteiger partial charge < -0.3 is 19.7 Å². The second kappa shape index (κ2) is 11.2. The summed E-state index contributed by atoms with van der Waals surface area (Å²) >= 11 is 0. The number of fused-ring (bicyclic) bond motifs is 1. The van der Waals surface area contributed by atoms with Crippen LogP contribution in [-0.4, -0.2) is 63.5 Å². The maximum Gasteiger partial charge on any atom is 0.248 e. The zero-order chi connectivity index (χ0) is 23.9. The maximum absolute atomic E-state index is 13.2. The highest BCUT2D eigenvalue weighted by Gasteiger charge is 2.42. The van der Waals surface area contributed by atoms with E-state index in [1.54, 1.807) is 11.0 Å². The highest BCUT2D eigenvalue weighted by atomic mass is 32.2. The van der Waals surface area contributed by atoms with Crippen molar-refractivity contribution in [2.75, 3.05) is 32.8 Å². The van der Waals surface area contributed by atoms with E-state index in [2.05, 4.69) is 10.0 Å². The molecule has 10 heteroatoms. The predicted octanol–water partition coefficient (Wildman–Crippen LogP) is 2.20. The number of sulfonamides is 1. The molecule has 1 fully saturated rings. The van der Waals surface area contributed by atoms with E-state index >= 15 is 0 Å². The summed E-state index contributed by atoms with van der Waals surface area (Å²) in [5.41, 5.74) is -0.894. The molecule has 33 heavy (non-hydrogen) atoms. The van der Waals surface area contributed by atoms with Crippen LogP contribution in [0.4, 0.5) is 0 Å². The summed E-state index contributed by atoms with van der Waals surface area (Å²) in [6.07, 6.45) is 4.68.